The highest BCUT2D eigenvalue weighted by Gasteiger charge is 2.34. The molecule has 1 aromatic heterocycles. The Labute approximate surface area is 240 Å². The first-order valence-corrected chi connectivity index (χ1v) is 14.3. The predicted molar refractivity (Wildman–Crippen MR) is 156 cm³/mol. The molecule has 0 aliphatic heterocycles. The van der Waals surface area contributed by atoms with Crippen LogP contribution in [0.25, 0.3) is 0 Å². The maximum Gasteiger partial charge on any atom is 0.248 e. The van der Waals surface area contributed by atoms with Gasteiger partial charge in [-0.15, -0.1) is 0 Å². The Hall–Kier alpha value is -4.27. The van der Waals surface area contributed by atoms with Crippen molar-refractivity contribution in [3.63, 3.8) is 0 Å². The highest BCUT2D eigenvalue weighted by molar-refractivity contribution is 6.01. The minimum absolute atomic E-state index is 0.0202. The molecule has 8 nitrogen and oxygen atoms in total. The number of aromatic nitrogens is 1. The Balaban J connectivity index is 1.58. The van der Waals surface area contributed by atoms with Crippen LogP contribution in [0.15, 0.2) is 72.9 Å². The number of benzene rings is 2. The molecule has 216 valence electrons. The number of nitrogens with zero attached hydrogens (tertiary/aromatic N) is 2. The number of carbonyl (C=O) groups is 3. The van der Waals surface area contributed by atoms with Crippen LogP contribution in [-0.2, 0) is 14.4 Å². The lowest BCUT2D eigenvalue weighted by Gasteiger charge is -2.33. The van der Waals surface area contributed by atoms with E-state index in [9.17, 15) is 18.8 Å². The topological polar surface area (TPSA) is 101 Å². The summed E-state index contributed by atoms with van der Waals surface area (Å²) in [4.78, 5) is 45.8. The quantitative estimate of drug-likeness (QED) is 0.285. The van der Waals surface area contributed by atoms with E-state index in [1.807, 2.05) is 6.92 Å². The van der Waals surface area contributed by atoms with E-state index in [2.05, 4.69) is 15.6 Å². The molecule has 0 radical (unpaired) electrons. The molecule has 1 fully saturated rings. The first-order chi connectivity index (χ1) is 19.9. The fourth-order valence-electron chi connectivity index (χ4n) is 5.06. The third kappa shape index (κ3) is 8.61. The Morgan fingerprint density at radius 3 is 2.37 bits per heavy atom. The molecule has 1 heterocycles. The number of pyridine rings is 1. The van der Waals surface area contributed by atoms with Gasteiger partial charge in [0.1, 0.15) is 23.4 Å². The zero-order valence-corrected chi connectivity index (χ0v) is 23.4. The molecule has 1 saturated carbocycles. The van der Waals surface area contributed by atoms with Crippen molar-refractivity contribution in [1.82, 2.24) is 10.3 Å². The number of ether oxygens (including phenoxy) is 1. The van der Waals surface area contributed by atoms with Crippen LogP contribution in [0.2, 0.25) is 0 Å². The van der Waals surface area contributed by atoms with E-state index in [4.69, 9.17) is 4.74 Å². The van der Waals surface area contributed by atoms with Crippen molar-refractivity contribution in [2.75, 3.05) is 16.8 Å². The van der Waals surface area contributed by atoms with Crippen molar-refractivity contribution < 1.29 is 23.5 Å². The molecule has 4 rings (SSSR count). The summed E-state index contributed by atoms with van der Waals surface area (Å²) in [6, 6.07) is 16.8. The van der Waals surface area contributed by atoms with E-state index in [1.54, 1.807) is 48.7 Å². The van der Waals surface area contributed by atoms with Gasteiger partial charge >= 0.3 is 0 Å². The van der Waals surface area contributed by atoms with Gasteiger partial charge in [0.05, 0.1) is 6.61 Å². The minimum atomic E-state index is -1.02. The van der Waals surface area contributed by atoms with E-state index in [1.165, 1.54) is 29.2 Å². The summed E-state index contributed by atoms with van der Waals surface area (Å²) in [6.07, 6.45) is 6.95. The van der Waals surface area contributed by atoms with Crippen LogP contribution >= 0.6 is 0 Å². The van der Waals surface area contributed by atoms with Crippen LogP contribution in [0.1, 0.15) is 69.9 Å². The number of rotatable bonds is 12. The van der Waals surface area contributed by atoms with Gasteiger partial charge in [-0.1, -0.05) is 37.5 Å². The van der Waals surface area contributed by atoms with Gasteiger partial charge in [0.25, 0.3) is 0 Å². The summed E-state index contributed by atoms with van der Waals surface area (Å²) < 4.78 is 19.5. The summed E-state index contributed by atoms with van der Waals surface area (Å²) in [5.74, 6) is -0.255. The van der Waals surface area contributed by atoms with Gasteiger partial charge in [0.15, 0.2) is 0 Å². The van der Waals surface area contributed by atoms with E-state index >= 15 is 0 Å². The average molecular weight is 561 g/mol. The van der Waals surface area contributed by atoms with Gasteiger partial charge in [0.2, 0.25) is 17.7 Å². The summed E-state index contributed by atoms with van der Waals surface area (Å²) >= 11 is 0. The highest BCUT2D eigenvalue weighted by atomic mass is 19.1. The molecule has 0 bridgehead atoms. The lowest BCUT2D eigenvalue weighted by molar-refractivity contribution is -0.127. The zero-order valence-electron chi connectivity index (χ0n) is 23.4. The second kappa shape index (κ2) is 14.9. The van der Waals surface area contributed by atoms with E-state index in [0.717, 1.165) is 32.1 Å². The molecule has 3 amide bonds. The molecule has 3 aromatic rings. The third-order valence-electron chi connectivity index (χ3n) is 7.07. The Morgan fingerprint density at radius 1 is 0.976 bits per heavy atom. The van der Waals surface area contributed by atoms with Crippen molar-refractivity contribution in [3.05, 3.63) is 84.3 Å². The summed E-state index contributed by atoms with van der Waals surface area (Å²) in [6.45, 7) is 2.37. The number of amides is 3. The molecule has 2 aromatic carbocycles. The van der Waals surface area contributed by atoms with Crippen LogP contribution in [0, 0.1) is 5.82 Å². The van der Waals surface area contributed by atoms with Gasteiger partial charge in [-0.25, -0.2) is 9.37 Å². The first-order valence-electron chi connectivity index (χ1n) is 14.3. The Bertz CT molecular complexity index is 1280. The molecule has 1 aliphatic rings. The smallest absolute Gasteiger partial charge is 0.248 e. The van der Waals surface area contributed by atoms with E-state index < -0.39 is 11.9 Å². The molecule has 0 unspecified atom stereocenters. The fraction of sp³-hybridized carbons (Fsp3) is 0.375. The van der Waals surface area contributed by atoms with Crippen molar-refractivity contribution in [2.24, 2.45) is 0 Å². The Kier molecular flexibility index (Phi) is 10.8. The maximum absolute atomic E-state index is 13.9. The number of carbonyl (C=O) groups excluding carboxylic acids is 3. The molecule has 1 atom stereocenters. The van der Waals surface area contributed by atoms with Crippen LogP contribution in [0.5, 0.6) is 5.75 Å². The minimum Gasteiger partial charge on any atom is -0.494 e. The van der Waals surface area contributed by atoms with Crippen molar-refractivity contribution in [1.29, 1.82) is 0 Å². The molecule has 9 heteroatoms. The summed E-state index contributed by atoms with van der Waals surface area (Å²) in [7, 11) is 0. The van der Waals surface area contributed by atoms with Crippen LogP contribution in [-0.4, -0.2) is 35.4 Å². The van der Waals surface area contributed by atoms with Gasteiger partial charge < -0.3 is 15.4 Å². The zero-order chi connectivity index (χ0) is 29.0. The second-order valence-corrected chi connectivity index (χ2v) is 10.1. The highest BCUT2D eigenvalue weighted by Crippen LogP contribution is 2.31. The predicted octanol–water partition coefficient (Wildman–Crippen LogP) is 5.95. The second-order valence-electron chi connectivity index (χ2n) is 10.1. The summed E-state index contributed by atoms with van der Waals surface area (Å²) in [5.41, 5.74) is 0.999. The number of anilines is 2. The normalized spacial score (nSPS) is 14.1. The van der Waals surface area contributed by atoms with E-state index in [-0.39, 0.29) is 43.0 Å². The number of hydrogen-bond donors (Lipinski definition) is 2. The monoisotopic (exact) mass is 560 g/mol. The number of nitrogens with one attached hydrogen (secondary N) is 2. The molecule has 41 heavy (non-hydrogen) atoms. The van der Waals surface area contributed by atoms with Gasteiger partial charge in [0, 0.05) is 30.8 Å². The molecular weight excluding hydrogens is 523 g/mol. The van der Waals surface area contributed by atoms with Crippen molar-refractivity contribution in [3.8, 4) is 5.75 Å². The van der Waals surface area contributed by atoms with E-state index in [0.29, 0.717) is 29.4 Å². The molecular formula is C32H37FN4O4. The number of halogens is 1. The average Bonchev–Trinajstić information content (AvgIpc) is 2.98. The van der Waals surface area contributed by atoms with Crippen LogP contribution < -0.4 is 20.3 Å². The lowest BCUT2D eigenvalue weighted by atomic mass is 9.94. The lowest BCUT2D eigenvalue weighted by Crippen LogP contribution is -2.47. The molecule has 1 aliphatic carbocycles. The molecule has 0 saturated heterocycles. The molecule has 2 N–H and O–H groups in total. The van der Waals surface area contributed by atoms with Crippen molar-refractivity contribution >= 4 is 29.2 Å². The fourth-order valence-corrected chi connectivity index (χ4v) is 5.06. The number of hydrogen-bond acceptors (Lipinski definition) is 5. The van der Waals surface area contributed by atoms with Gasteiger partial charge in [-0.2, -0.15) is 0 Å². The summed E-state index contributed by atoms with van der Waals surface area (Å²) in [5, 5.41) is 5.87. The standard InChI is InChI=1S/C32H37FN4O4/c1-2-41-27-20-18-26(19-21-27)37(30(39)13-8-12-29(38)36-28-11-6-7-22-34-28)31(23-14-16-24(33)17-15-23)32(40)35-25-9-4-3-5-10-25/h6-7,11,14-22,25,31H,2-5,8-10,12-13H2,1H3,(H,35,40)(H,34,36,38)/t31-/m1/s1. The largest absolute Gasteiger partial charge is 0.494 e. The van der Waals surface area contributed by atoms with Gasteiger partial charge in [-0.3, -0.25) is 19.3 Å². The third-order valence-corrected chi connectivity index (χ3v) is 7.07. The first kappa shape index (κ1) is 29.7. The Morgan fingerprint density at radius 2 is 1.71 bits per heavy atom. The maximum atomic E-state index is 13.9. The van der Waals surface area contributed by atoms with Gasteiger partial charge in [-0.05, 0) is 80.3 Å². The van der Waals surface area contributed by atoms with Crippen molar-refractivity contribution in [2.45, 2.75) is 70.4 Å². The van der Waals surface area contributed by atoms with Crippen LogP contribution in [0.4, 0.5) is 15.9 Å². The van der Waals surface area contributed by atoms with Crippen LogP contribution in [0.3, 0.4) is 0 Å². The SMILES string of the molecule is CCOc1ccc(N(C(=O)CCCC(=O)Nc2ccccn2)[C@@H](C(=O)NC2CCCCC2)c2ccc(F)cc2)cc1. The molecule has 0 spiro atoms.